The summed E-state index contributed by atoms with van der Waals surface area (Å²) in [5.41, 5.74) is 2.20. The molecule has 2 aromatic heterocycles. The van der Waals surface area contributed by atoms with Gasteiger partial charge in [0, 0.05) is 49.1 Å². The molecule has 0 bridgehead atoms. The van der Waals surface area contributed by atoms with Crippen molar-refractivity contribution in [3.05, 3.63) is 72.6 Å². The molecule has 0 spiro atoms. The lowest BCUT2D eigenvalue weighted by Crippen LogP contribution is -2.38. The standard InChI is InChI=1S/C20H22N4O2/c1-25-18-6-4-17(5-7-18)24-10-9-22-20(24)15-23-11-12-26-19(14-23)16-3-2-8-21-13-16/h2-10,13,19H,11-12,14-15H2,1H3/t19-/m1/s1. The summed E-state index contributed by atoms with van der Waals surface area (Å²) < 4.78 is 13.3. The molecule has 3 aromatic rings. The van der Waals surface area contributed by atoms with Crippen LogP contribution < -0.4 is 4.74 Å². The summed E-state index contributed by atoms with van der Waals surface area (Å²) in [6.45, 7) is 3.22. The van der Waals surface area contributed by atoms with Gasteiger partial charge < -0.3 is 14.0 Å². The van der Waals surface area contributed by atoms with Crippen molar-refractivity contribution in [2.45, 2.75) is 12.6 Å². The Hall–Kier alpha value is -2.70. The maximum absolute atomic E-state index is 5.93. The monoisotopic (exact) mass is 350 g/mol. The average molecular weight is 350 g/mol. The zero-order chi connectivity index (χ0) is 17.8. The third-order valence-electron chi connectivity index (χ3n) is 4.64. The molecule has 1 saturated heterocycles. The van der Waals surface area contributed by atoms with E-state index in [4.69, 9.17) is 9.47 Å². The van der Waals surface area contributed by atoms with Crippen molar-refractivity contribution >= 4 is 0 Å². The molecule has 3 heterocycles. The van der Waals surface area contributed by atoms with E-state index in [-0.39, 0.29) is 6.10 Å². The molecule has 0 radical (unpaired) electrons. The molecular weight excluding hydrogens is 328 g/mol. The lowest BCUT2D eigenvalue weighted by molar-refractivity contribution is -0.0339. The number of ether oxygens (including phenoxy) is 2. The average Bonchev–Trinajstić information content (AvgIpc) is 3.17. The number of hydrogen-bond donors (Lipinski definition) is 0. The molecular formula is C20H22N4O2. The van der Waals surface area contributed by atoms with Crippen molar-refractivity contribution < 1.29 is 9.47 Å². The minimum atomic E-state index is 0.0573. The molecule has 1 fully saturated rings. The van der Waals surface area contributed by atoms with E-state index in [9.17, 15) is 0 Å². The smallest absolute Gasteiger partial charge is 0.127 e. The van der Waals surface area contributed by atoms with Crippen LogP contribution in [-0.4, -0.2) is 46.2 Å². The quantitative estimate of drug-likeness (QED) is 0.708. The normalized spacial score (nSPS) is 18.0. The molecule has 0 saturated carbocycles. The van der Waals surface area contributed by atoms with Gasteiger partial charge in [-0.25, -0.2) is 4.98 Å². The van der Waals surface area contributed by atoms with Gasteiger partial charge in [-0.3, -0.25) is 9.88 Å². The Morgan fingerprint density at radius 3 is 2.85 bits per heavy atom. The van der Waals surface area contributed by atoms with Gasteiger partial charge in [-0.2, -0.15) is 0 Å². The number of imidazole rings is 1. The second kappa shape index (κ2) is 7.68. The number of aromatic nitrogens is 3. The van der Waals surface area contributed by atoms with E-state index in [1.807, 2.05) is 48.9 Å². The Balaban J connectivity index is 1.48. The molecule has 1 aromatic carbocycles. The van der Waals surface area contributed by atoms with Gasteiger partial charge in [0.1, 0.15) is 11.6 Å². The van der Waals surface area contributed by atoms with Crippen molar-refractivity contribution in [1.29, 1.82) is 0 Å². The predicted octanol–water partition coefficient (Wildman–Crippen LogP) is 2.85. The summed E-state index contributed by atoms with van der Waals surface area (Å²) >= 11 is 0. The number of rotatable bonds is 5. The minimum Gasteiger partial charge on any atom is -0.497 e. The summed E-state index contributed by atoms with van der Waals surface area (Å²) in [7, 11) is 1.68. The molecule has 6 nitrogen and oxygen atoms in total. The zero-order valence-corrected chi connectivity index (χ0v) is 14.8. The highest BCUT2D eigenvalue weighted by molar-refractivity contribution is 5.38. The fourth-order valence-corrected chi connectivity index (χ4v) is 3.24. The van der Waals surface area contributed by atoms with Crippen LogP contribution in [-0.2, 0) is 11.3 Å². The van der Waals surface area contributed by atoms with Crippen LogP contribution in [0.15, 0.2) is 61.2 Å². The van der Waals surface area contributed by atoms with Crippen molar-refractivity contribution in [2.24, 2.45) is 0 Å². The maximum Gasteiger partial charge on any atom is 0.127 e. The first kappa shape index (κ1) is 16.8. The van der Waals surface area contributed by atoms with Crippen LogP contribution in [0, 0.1) is 0 Å². The third-order valence-corrected chi connectivity index (χ3v) is 4.64. The van der Waals surface area contributed by atoms with Gasteiger partial charge in [0.15, 0.2) is 0 Å². The number of pyridine rings is 1. The molecule has 4 rings (SSSR count). The second-order valence-corrected chi connectivity index (χ2v) is 6.29. The SMILES string of the molecule is COc1ccc(-n2ccnc2CN2CCO[C@@H](c3cccnc3)C2)cc1. The van der Waals surface area contributed by atoms with Crippen LogP contribution >= 0.6 is 0 Å². The lowest BCUT2D eigenvalue weighted by atomic mass is 10.1. The summed E-state index contributed by atoms with van der Waals surface area (Å²) in [5, 5.41) is 0. The van der Waals surface area contributed by atoms with Crippen LogP contribution in [0.25, 0.3) is 5.69 Å². The van der Waals surface area contributed by atoms with Gasteiger partial charge in [-0.15, -0.1) is 0 Å². The van der Waals surface area contributed by atoms with Gasteiger partial charge in [-0.1, -0.05) is 6.07 Å². The van der Waals surface area contributed by atoms with E-state index < -0.39 is 0 Å². The van der Waals surface area contributed by atoms with Crippen LogP contribution in [0.3, 0.4) is 0 Å². The van der Waals surface area contributed by atoms with Gasteiger partial charge in [0.05, 0.1) is 26.4 Å². The van der Waals surface area contributed by atoms with E-state index in [0.29, 0.717) is 6.61 Å². The van der Waals surface area contributed by atoms with E-state index in [1.165, 1.54) is 0 Å². The van der Waals surface area contributed by atoms with Crippen LogP contribution in [0.5, 0.6) is 5.75 Å². The number of morpholine rings is 1. The third kappa shape index (κ3) is 3.61. The number of hydrogen-bond acceptors (Lipinski definition) is 5. The molecule has 1 atom stereocenters. The Morgan fingerprint density at radius 2 is 2.08 bits per heavy atom. The highest BCUT2D eigenvalue weighted by Gasteiger charge is 2.23. The molecule has 26 heavy (non-hydrogen) atoms. The largest absolute Gasteiger partial charge is 0.497 e. The summed E-state index contributed by atoms with van der Waals surface area (Å²) in [5.74, 6) is 1.87. The van der Waals surface area contributed by atoms with E-state index in [1.54, 1.807) is 13.3 Å². The number of nitrogens with zero attached hydrogens (tertiary/aromatic N) is 4. The Kier molecular flexibility index (Phi) is 4.95. The molecule has 0 amide bonds. The first-order valence-electron chi connectivity index (χ1n) is 8.74. The second-order valence-electron chi connectivity index (χ2n) is 6.29. The topological polar surface area (TPSA) is 52.4 Å². The lowest BCUT2D eigenvalue weighted by Gasteiger charge is -2.32. The zero-order valence-electron chi connectivity index (χ0n) is 14.8. The maximum atomic E-state index is 5.93. The summed E-state index contributed by atoms with van der Waals surface area (Å²) in [4.78, 5) is 11.1. The highest BCUT2D eigenvalue weighted by Crippen LogP contribution is 2.23. The first-order chi connectivity index (χ1) is 12.8. The van der Waals surface area contributed by atoms with E-state index in [0.717, 1.165) is 42.5 Å². The van der Waals surface area contributed by atoms with Gasteiger partial charge in [-0.05, 0) is 30.3 Å². The molecule has 134 valence electrons. The Morgan fingerprint density at radius 1 is 1.19 bits per heavy atom. The molecule has 1 aliphatic rings. The van der Waals surface area contributed by atoms with Crippen molar-refractivity contribution in [3.63, 3.8) is 0 Å². The molecule has 0 unspecified atom stereocenters. The van der Waals surface area contributed by atoms with Crippen LogP contribution in [0.2, 0.25) is 0 Å². The summed E-state index contributed by atoms with van der Waals surface area (Å²) in [6, 6.07) is 12.0. The van der Waals surface area contributed by atoms with Gasteiger partial charge in [0.25, 0.3) is 0 Å². The van der Waals surface area contributed by atoms with Gasteiger partial charge in [0.2, 0.25) is 0 Å². The van der Waals surface area contributed by atoms with E-state index >= 15 is 0 Å². The Bertz CT molecular complexity index is 833. The van der Waals surface area contributed by atoms with Crippen molar-refractivity contribution in [3.8, 4) is 11.4 Å². The minimum absolute atomic E-state index is 0.0573. The van der Waals surface area contributed by atoms with E-state index in [2.05, 4.69) is 25.5 Å². The molecule has 6 heteroatoms. The summed E-state index contributed by atoms with van der Waals surface area (Å²) in [6.07, 6.45) is 7.57. The Labute approximate surface area is 153 Å². The number of benzene rings is 1. The fourth-order valence-electron chi connectivity index (χ4n) is 3.24. The van der Waals surface area contributed by atoms with Crippen LogP contribution in [0.4, 0.5) is 0 Å². The van der Waals surface area contributed by atoms with Crippen molar-refractivity contribution in [1.82, 2.24) is 19.4 Å². The highest BCUT2D eigenvalue weighted by atomic mass is 16.5. The van der Waals surface area contributed by atoms with Crippen molar-refractivity contribution in [2.75, 3.05) is 26.8 Å². The van der Waals surface area contributed by atoms with Gasteiger partial charge >= 0.3 is 0 Å². The molecule has 1 aliphatic heterocycles. The predicted molar refractivity (Wildman–Crippen MR) is 98.3 cm³/mol. The van der Waals surface area contributed by atoms with Crippen LogP contribution in [0.1, 0.15) is 17.5 Å². The molecule has 0 aliphatic carbocycles. The fraction of sp³-hybridized carbons (Fsp3) is 0.300. The molecule has 0 N–H and O–H groups in total. The first-order valence-corrected chi connectivity index (χ1v) is 8.74. The number of methoxy groups -OCH3 is 1.